The van der Waals surface area contributed by atoms with Crippen molar-refractivity contribution in [1.82, 2.24) is 24.3 Å². The lowest BCUT2D eigenvalue weighted by Crippen LogP contribution is -2.33. The number of primary amides is 1. The van der Waals surface area contributed by atoms with E-state index in [0.717, 1.165) is 16.7 Å². The molecular formula is C25H24N8O3. The molecule has 2 N–H and O–H groups in total. The maximum Gasteiger partial charge on any atom is 0.350 e. The van der Waals surface area contributed by atoms with Crippen molar-refractivity contribution in [1.29, 1.82) is 0 Å². The van der Waals surface area contributed by atoms with Gasteiger partial charge in [0.05, 0.1) is 23.1 Å². The van der Waals surface area contributed by atoms with Gasteiger partial charge in [0.2, 0.25) is 5.91 Å². The Morgan fingerprint density at radius 2 is 1.78 bits per heavy atom. The molecule has 4 aromatic rings. The standard InChI is InChI=1S/C25H24N8O3/c1-3-20-21(16-4-6-18(7-5-16)33-15-29-30(2)24(33)35)8-9-28-23(20)32-11-10-31(25(32)36)19-12-17(22(26)34)13-27-14-19/h4-9,12-15H,3,10-11H2,1-2H3,(H2,26,34). The molecule has 1 fully saturated rings. The average molecular weight is 485 g/mol. The lowest BCUT2D eigenvalue weighted by Gasteiger charge is -2.21. The van der Waals surface area contributed by atoms with Crippen LogP contribution in [-0.4, -0.2) is 49.3 Å². The number of carbonyl (C=O) groups is 2. The highest BCUT2D eigenvalue weighted by Crippen LogP contribution is 2.33. The van der Waals surface area contributed by atoms with E-state index in [1.807, 2.05) is 37.3 Å². The van der Waals surface area contributed by atoms with Crippen LogP contribution in [-0.2, 0) is 13.5 Å². The summed E-state index contributed by atoms with van der Waals surface area (Å²) in [6.07, 6.45) is 6.74. The molecule has 0 spiro atoms. The van der Waals surface area contributed by atoms with Crippen molar-refractivity contribution in [2.45, 2.75) is 13.3 Å². The Hall–Kier alpha value is -4.80. The van der Waals surface area contributed by atoms with Crippen LogP contribution in [0.1, 0.15) is 22.8 Å². The van der Waals surface area contributed by atoms with Crippen LogP contribution in [0.5, 0.6) is 0 Å². The molecule has 3 amide bonds. The molecule has 1 aliphatic heterocycles. The van der Waals surface area contributed by atoms with Crippen LogP contribution in [0, 0.1) is 0 Å². The van der Waals surface area contributed by atoms with Gasteiger partial charge in [-0.05, 0) is 41.8 Å². The minimum Gasteiger partial charge on any atom is -0.366 e. The number of nitrogens with zero attached hydrogens (tertiary/aromatic N) is 7. The lowest BCUT2D eigenvalue weighted by molar-refractivity contribution is 0.1000. The van der Waals surface area contributed by atoms with E-state index in [1.54, 1.807) is 29.1 Å². The van der Waals surface area contributed by atoms with Gasteiger partial charge in [-0.3, -0.25) is 19.6 Å². The molecule has 3 aromatic heterocycles. The van der Waals surface area contributed by atoms with E-state index in [1.165, 1.54) is 28.0 Å². The molecule has 0 radical (unpaired) electrons. The van der Waals surface area contributed by atoms with Gasteiger partial charge >= 0.3 is 11.7 Å². The smallest absolute Gasteiger partial charge is 0.350 e. The third-order valence-electron chi connectivity index (χ3n) is 6.25. The monoisotopic (exact) mass is 484 g/mol. The molecule has 11 nitrogen and oxygen atoms in total. The summed E-state index contributed by atoms with van der Waals surface area (Å²) in [6.45, 7) is 2.88. The molecule has 11 heteroatoms. The van der Waals surface area contributed by atoms with Crippen molar-refractivity contribution < 1.29 is 9.59 Å². The molecule has 1 aliphatic rings. The van der Waals surface area contributed by atoms with E-state index in [-0.39, 0.29) is 17.3 Å². The van der Waals surface area contributed by atoms with Crippen molar-refractivity contribution in [3.63, 3.8) is 0 Å². The van der Waals surface area contributed by atoms with E-state index in [2.05, 4.69) is 15.1 Å². The van der Waals surface area contributed by atoms with Crippen LogP contribution in [0.25, 0.3) is 16.8 Å². The predicted molar refractivity (Wildman–Crippen MR) is 134 cm³/mol. The van der Waals surface area contributed by atoms with Crippen LogP contribution in [0.2, 0.25) is 0 Å². The number of aryl methyl sites for hydroxylation is 1. The van der Waals surface area contributed by atoms with E-state index >= 15 is 0 Å². The number of hydrogen-bond acceptors (Lipinski definition) is 6. The number of pyridine rings is 2. The van der Waals surface area contributed by atoms with Crippen LogP contribution < -0.4 is 21.2 Å². The van der Waals surface area contributed by atoms with E-state index in [0.29, 0.717) is 36.7 Å². The fourth-order valence-corrected chi connectivity index (χ4v) is 4.38. The normalized spacial score (nSPS) is 13.4. The molecule has 0 saturated carbocycles. The summed E-state index contributed by atoms with van der Waals surface area (Å²) >= 11 is 0. The highest BCUT2D eigenvalue weighted by Gasteiger charge is 2.33. The molecule has 0 unspecified atom stereocenters. The largest absolute Gasteiger partial charge is 0.366 e. The minimum absolute atomic E-state index is 0.225. The van der Waals surface area contributed by atoms with Gasteiger partial charge in [0.15, 0.2) is 0 Å². The zero-order valence-corrected chi connectivity index (χ0v) is 19.8. The summed E-state index contributed by atoms with van der Waals surface area (Å²) in [5, 5.41) is 4.00. The molecule has 0 bridgehead atoms. The quantitative estimate of drug-likeness (QED) is 0.446. The Morgan fingerprint density at radius 3 is 2.44 bits per heavy atom. The van der Waals surface area contributed by atoms with Gasteiger partial charge in [0.25, 0.3) is 0 Å². The zero-order valence-electron chi connectivity index (χ0n) is 19.8. The summed E-state index contributed by atoms with van der Waals surface area (Å²) in [7, 11) is 1.60. The first-order chi connectivity index (χ1) is 17.4. The van der Waals surface area contributed by atoms with Gasteiger partial charge in [-0.25, -0.2) is 23.8 Å². The molecule has 5 rings (SSSR count). The van der Waals surface area contributed by atoms with Crippen LogP contribution in [0.3, 0.4) is 0 Å². The molecule has 0 aliphatic carbocycles. The number of nitrogens with two attached hydrogens (primary N) is 1. The van der Waals surface area contributed by atoms with Crippen molar-refractivity contribution >= 4 is 23.4 Å². The van der Waals surface area contributed by atoms with Crippen molar-refractivity contribution in [2.75, 3.05) is 22.9 Å². The summed E-state index contributed by atoms with van der Waals surface area (Å²) < 4.78 is 2.75. The number of carbonyl (C=O) groups excluding carboxylic acids is 2. The second kappa shape index (κ2) is 9.10. The second-order valence-corrected chi connectivity index (χ2v) is 8.35. The maximum absolute atomic E-state index is 13.4. The SMILES string of the molecule is CCc1c(-c2ccc(-n3cnn(C)c3=O)cc2)ccnc1N1CCN(c2cncc(C(N)=O)c2)C1=O. The average Bonchev–Trinajstić information content (AvgIpc) is 3.45. The first kappa shape index (κ1) is 23.0. The molecule has 1 saturated heterocycles. The van der Waals surface area contributed by atoms with E-state index in [4.69, 9.17) is 5.73 Å². The molecular weight excluding hydrogens is 460 g/mol. The zero-order chi connectivity index (χ0) is 25.4. The fourth-order valence-electron chi connectivity index (χ4n) is 4.38. The van der Waals surface area contributed by atoms with Gasteiger partial charge in [0.1, 0.15) is 12.1 Å². The van der Waals surface area contributed by atoms with Gasteiger partial charge in [-0.15, -0.1) is 0 Å². The number of benzene rings is 1. The van der Waals surface area contributed by atoms with Crippen molar-refractivity contribution in [2.24, 2.45) is 12.8 Å². The third-order valence-corrected chi connectivity index (χ3v) is 6.25. The number of amides is 3. The van der Waals surface area contributed by atoms with Gasteiger partial charge in [-0.1, -0.05) is 19.1 Å². The highest BCUT2D eigenvalue weighted by molar-refractivity contribution is 6.07. The Labute approximate surface area is 206 Å². The Bertz CT molecular complexity index is 1520. The summed E-state index contributed by atoms with van der Waals surface area (Å²) in [5.74, 6) is -0.0102. The Balaban J connectivity index is 1.46. The Morgan fingerprint density at radius 1 is 1.03 bits per heavy atom. The topological polar surface area (TPSA) is 132 Å². The number of rotatable bonds is 6. The predicted octanol–water partition coefficient (Wildman–Crippen LogP) is 2.14. The number of anilines is 2. The fraction of sp³-hybridized carbons (Fsp3) is 0.200. The minimum atomic E-state index is -0.602. The van der Waals surface area contributed by atoms with Crippen LogP contribution in [0.15, 0.2) is 66.1 Å². The van der Waals surface area contributed by atoms with Gasteiger partial charge in [-0.2, -0.15) is 5.10 Å². The first-order valence-corrected chi connectivity index (χ1v) is 11.4. The van der Waals surface area contributed by atoms with E-state index < -0.39 is 5.91 Å². The summed E-state index contributed by atoms with van der Waals surface area (Å²) in [5.41, 5.74) is 9.44. The molecule has 1 aromatic carbocycles. The third kappa shape index (κ3) is 3.90. The molecule has 36 heavy (non-hydrogen) atoms. The number of aromatic nitrogens is 5. The van der Waals surface area contributed by atoms with Crippen molar-refractivity contribution in [3.05, 3.63) is 82.9 Å². The van der Waals surface area contributed by atoms with Crippen LogP contribution in [0.4, 0.5) is 16.3 Å². The molecule has 4 heterocycles. The summed E-state index contributed by atoms with van der Waals surface area (Å²) in [4.78, 5) is 48.9. The molecule has 0 atom stereocenters. The van der Waals surface area contributed by atoms with Gasteiger partial charge in [0, 0.05) is 38.1 Å². The Kier molecular flexibility index (Phi) is 5.80. The van der Waals surface area contributed by atoms with Crippen LogP contribution >= 0.6 is 0 Å². The number of hydrogen-bond donors (Lipinski definition) is 1. The van der Waals surface area contributed by atoms with Crippen molar-refractivity contribution in [3.8, 4) is 16.8 Å². The lowest BCUT2D eigenvalue weighted by atomic mass is 9.98. The number of urea groups is 1. The van der Waals surface area contributed by atoms with Gasteiger partial charge < -0.3 is 5.73 Å². The second-order valence-electron chi connectivity index (χ2n) is 8.35. The molecule has 182 valence electrons. The highest BCUT2D eigenvalue weighted by atomic mass is 16.2. The van der Waals surface area contributed by atoms with E-state index in [9.17, 15) is 14.4 Å². The maximum atomic E-state index is 13.4. The summed E-state index contributed by atoms with van der Waals surface area (Å²) in [6, 6.07) is 10.8. The first-order valence-electron chi connectivity index (χ1n) is 11.4.